The van der Waals surface area contributed by atoms with Gasteiger partial charge in [0, 0.05) is 23.1 Å². The number of hydrogen-bond donors (Lipinski definition) is 3. The van der Waals surface area contributed by atoms with E-state index < -0.39 is 6.10 Å². The number of ether oxygens (including phenoxy) is 2. The molecule has 2 rings (SSSR count). The Kier molecular flexibility index (Phi) is 11.5. The number of guanidine groups is 1. The average molecular weight is 554 g/mol. The summed E-state index contributed by atoms with van der Waals surface area (Å²) in [6.07, 6.45) is -0.777. The van der Waals surface area contributed by atoms with Crippen molar-refractivity contribution in [2.45, 2.75) is 19.6 Å². The van der Waals surface area contributed by atoms with Gasteiger partial charge in [-0.25, -0.2) is 4.99 Å². The molecule has 0 saturated carbocycles. The molecule has 0 heterocycles. The van der Waals surface area contributed by atoms with E-state index in [0.717, 1.165) is 5.56 Å². The van der Waals surface area contributed by atoms with Crippen molar-refractivity contribution in [3.05, 3.63) is 57.6 Å². The van der Waals surface area contributed by atoms with Crippen molar-refractivity contribution in [3.8, 4) is 11.5 Å². The lowest BCUT2D eigenvalue weighted by Crippen LogP contribution is -2.39. The maximum atomic E-state index is 10.4. The maximum absolute atomic E-state index is 10.4. The number of halogens is 3. The van der Waals surface area contributed by atoms with Gasteiger partial charge in [-0.15, -0.1) is 24.0 Å². The van der Waals surface area contributed by atoms with Crippen LogP contribution in [0.2, 0.25) is 10.0 Å². The van der Waals surface area contributed by atoms with Gasteiger partial charge in [0.15, 0.2) is 17.5 Å². The van der Waals surface area contributed by atoms with E-state index >= 15 is 0 Å². The van der Waals surface area contributed by atoms with E-state index in [4.69, 9.17) is 32.7 Å². The number of nitrogens with zero attached hydrogens (tertiary/aromatic N) is 1. The molecule has 0 fully saturated rings. The Bertz CT molecular complexity index is 801. The molecule has 9 heteroatoms. The van der Waals surface area contributed by atoms with Crippen LogP contribution >= 0.6 is 47.2 Å². The third-order valence-corrected chi connectivity index (χ3v) is 4.38. The monoisotopic (exact) mass is 553 g/mol. The van der Waals surface area contributed by atoms with Crippen LogP contribution in [0.25, 0.3) is 0 Å². The van der Waals surface area contributed by atoms with Crippen molar-refractivity contribution in [2.75, 3.05) is 27.3 Å². The summed E-state index contributed by atoms with van der Waals surface area (Å²) in [4.78, 5) is 4.55. The fraction of sp³-hybridized carbons (Fsp3) is 0.350. The standard InChI is InChI=1S/C20H25Cl2N3O3.HI/c1-4-23-20(24-11-13-5-6-18(27-2)19(7-13)28-3)25-12-17(26)14-8-15(21)10-16(22)9-14;/h5-10,17,26H,4,11-12H2,1-3H3,(H2,23,24,25);1H. The van der Waals surface area contributed by atoms with E-state index in [1.165, 1.54) is 0 Å². The van der Waals surface area contributed by atoms with Gasteiger partial charge >= 0.3 is 0 Å². The lowest BCUT2D eigenvalue weighted by Gasteiger charge is -2.16. The van der Waals surface area contributed by atoms with Crippen LogP contribution in [-0.2, 0) is 6.54 Å². The average Bonchev–Trinajstić information content (AvgIpc) is 2.68. The van der Waals surface area contributed by atoms with Crippen LogP contribution < -0.4 is 20.1 Å². The molecule has 1 atom stereocenters. The van der Waals surface area contributed by atoms with Crippen molar-refractivity contribution in [2.24, 2.45) is 4.99 Å². The highest BCUT2D eigenvalue weighted by Crippen LogP contribution is 2.27. The first kappa shape index (κ1) is 25.6. The minimum atomic E-state index is -0.777. The molecule has 3 N–H and O–H groups in total. The Morgan fingerprint density at radius 1 is 1.03 bits per heavy atom. The van der Waals surface area contributed by atoms with Crippen molar-refractivity contribution in [1.29, 1.82) is 0 Å². The van der Waals surface area contributed by atoms with Crippen molar-refractivity contribution < 1.29 is 14.6 Å². The van der Waals surface area contributed by atoms with Crippen LogP contribution in [-0.4, -0.2) is 38.4 Å². The summed E-state index contributed by atoms with van der Waals surface area (Å²) in [6.45, 7) is 3.36. The fourth-order valence-electron chi connectivity index (χ4n) is 2.57. The van der Waals surface area contributed by atoms with E-state index in [0.29, 0.717) is 46.2 Å². The lowest BCUT2D eigenvalue weighted by molar-refractivity contribution is 0.181. The summed E-state index contributed by atoms with van der Waals surface area (Å²) in [5, 5.41) is 17.6. The van der Waals surface area contributed by atoms with Crippen LogP contribution in [0.4, 0.5) is 0 Å². The summed E-state index contributed by atoms with van der Waals surface area (Å²) in [5.41, 5.74) is 1.61. The third kappa shape index (κ3) is 8.08. The normalized spacial score (nSPS) is 12.0. The number of nitrogens with one attached hydrogen (secondary N) is 2. The zero-order valence-electron chi connectivity index (χ0n) is 16.5. The lowest BCUT2D eigenvalue weighted by atomic mass is 10.1. The topological polar surface area (TPSA) is 75.1 Å². The fourth-order valence-corrected chi connectivity index (χ4v) is 3.11. The van der Waals surface area contributed by atoms with E-state index in [-0.39, 0.29) is 30.5 Å². The smallest absolute Gasteiger partial charge is 0.191 e. The maximum Gasteiger partial charge on any atom is 0.191 e. The van der Waals surface area contributed by atoms with E-state index in [1.807, 2.05) is 25.1 Å². The van der Waals surface area contributed by atoms with Crippen LogP contribution in [0.1, 0.15) is 24.2 Å². The van der Waals surface area contributed by atoms with E-state index in [2.05, 4.69) is 15.6 Å². The highest BCUT2D eigenvalue weighted by Gasteiger charge is 2.11. The van der Waals surface area contributed by atoms with E-state index in [1.54, 1.807) is 32.4 Å². The summed E-state index contributed by atoms with van der Waals surface area (Å²) >= 11 is 12.0. The second-order valence-corrected chi connectivity index (χ2v) is 6.86. The first-order chi connectivity index (χ1) is 13.5. The molecular weight excluding hydrogens is 528 g/mol. The number of aliphatic hydroxyl groups is 1. The molecule has 0 aliphatic rings. The molecule has 0 aliphatic heterocycles. The SMILES string of the molecule is CCNC(=NCc1ccc(OC)c(OC)c1)NCC(O)c1cc(Cl)cc(Cl)c1.I. The Balaban J connectivity index is 0.00000420. The molecule has 0 aliphatic carbocycles. The largest absolute Gasteiger partial charge is 0.493 e. The Morgan fingerprint density at radius 3 is 2.28 bits per heavy atom. The molecule has 160 valence electrons. The van der Waals surface area contributed by atoms with Crippen molar-refractivity contribution >= 4 is 53.1 Å². The van der Waals surface area contributed by atoms with Crippen molar-refractivity contribution in [1.82, 2.24) is 10.6 Å². The Labute approximate surface area is 198 Å². The summed E-state index contributed by atoms with van der Waals surface area (Å²) in [5.74, 6) is 1.91. The second-order valence-electron chi connectivity index (χ2n) is 5.98. The molecule has 0 saturated heterocycles. The molecule has 0 radical (unpaired) electrons. The van der Waals surface area contributed by atoms with Gasteiger partial charge in [0.2, 0.25) is 0 Å². The molecule has 0 spiro atoms. The van der Waals surface area contributed by atoms with Gasteiger partial charge in [0.05, 0.1) is 26.9 Å². The summed E-state index contributed by atoms with van der Waals surface area (Å²) < 4.78 is 10.6. The number of aliphatic imine (C=N–C) groups is 1. The summed E-state index contributed by atoms with van der Waals surface area (Å²) in [7, 11) is 3.20. The predicted molar refractivity (Wildman–Crippen MR) is 129 cm³/mol. The third-order valence-electron chi connectivity index (χ3n) is 3.94. The molecule has 6 nitrogen and oxygen atoms in total. The molecule has 2 aromatic carbocycles. The molecule has 29 heavy (non-hydrogen) atoms. The van der Waals surface area contributed by atoms with Gasteiger partial charge in [-0.1, -0.05) is 29.3 Å². The van der Waals surface area contributed by atoms with Gasteiger partial charge < -0.3 is 25.2 Å². The van der Waals surface area contributed by atoms with Crippen LogP contribution in [0.5, 0.6) is 11.5 Å². The van der Waals surface area contributed by atoms with Crippen LogP contribution in [0, 0.1) is 0 Å². The number of aliphatic hydroxyl groups excluding tert-OH is 1. The van der Waals surface area contributed by atoms with Gasteiger partial charge in [0.1, 0.15) is 0 Å². The summed E-state index contributed by atoms with van der Waals surface area (Å²) in [6, 6.07) is 10.7. The molecule has 0 bridgehead atoms. The minimum Gasteiger partial charge on any atom is -0.493 e. The first-order valence-electron chi connectivity index (χ1n) is 8.84. The van der Waals surface area contributed by atoms with Gasteiger partial charge in [-0.3, -0.25) is 0 Å². The minimum absolute atomic E-state index is 0. The molecule has 2 aromatic rings. The van der Waals surface area contributed by atoms with Gasteiger partial charge in [-0.05, 0) is 48.4 Å². The second kappa shape index (κ2) is 13.0. The first-order valence-corrected chi connectivity index (χ1v) is 9.59. The quantitative estimate of drug-likeness (QED) is 0.256. The van der Waals surface area contributed by atoms with Crippen LogP contribution in [0.3, 0.4) is 0 Å². The number of methoxy groups -OCH3 is 2. The van der Waals surface area contributed by atoms with Crippen molar-refractivity contribution in [3.63, 3.8) is 0 Å². The van der Waals surface area contributed by atoms with E-state index in [9.17, 15) is 5.11 Å². The molecule has 0 amide bonds. The number of benzene rings is 2. The zero-order chi connectivity index (χ0) is 20.5. The van der Waals surface area contributed by atoms with Crippen LogP contribution in [0.15, 0.2) is 41.4 Å². The highest BCUT2D eigenvalue weighted by atomic mass is 127. The Hall–Kier alpha value is -1.42. The van der Waals surface area contributed by atoms with Gasteiger partial charge in [-0.2, -0.15) is 0 Å². The number of rotatable bonds is 8. The molecule has 0 aromatic heterocycles. The zero-order valence-corrected chi connectivity index (χ0v) is 20.4. The molecular formula is C20H26Cl2IN3O3. The number of hydrogen-bond acceptors (Lipinski definition) is 4. The predicted octanol–water partition coefficient (Wildman–Crippen LogP) is 4.42. The molecule has 1 unspecified atom stereocenters. The highest BCUT2D eigenvalue weighted by molar-refractivity contribution is 14.0. The van der Waals surface area contributed by atoms with Gasteiger partial charge in [0.25, 0.3) is 0 Å². The Morgan fingerprint density at radius 2 is 1.69 bits per heavy atom.